The van der Waals surface area contributed by atoms with Gasteiger partial charge in [-0.05, 0) is 42.6 Å². The molecule has 0 spiro atoms. The molecule has 0 aliphatic heterocycles. The monoisotopic (exact) mass is 220 g/mol. The zero-order valence-corrected chi connectivity index (χ0v) is 10.8. The van der Waals surface area contributed by atoms with E-state index < -0.39 is 0 Å². The molecule has 0 aromatic carbocycles. The van der Waals surface area contributed by atoms with E-state index in [4.69, 9.17) is 5.11 Å². The highest BCUT2D eigenvalue weighted by molar-refractivity contribution is 5.30. The summed E-state index contributed by atoms with van der Waals surface area (Å²) in [5, 5.41) is 8.65. The summed E-state index contributed by atoms with van der Waals surface area (Å²) in [4.78, 5) is 0. The third-order valence-electron chi connectivity index (χ3n) is 3.34. The van der Waals surface area contributed by atoms with E-state index in [2.05, 4.69) is 38.7 Å². The quantitative estimate of drug-likeness (QED) is 0.557. The maximum Gasteiger partial charge on any atom is 0.0440 e. The second kappa shape index (κ2) is 6.11. The molecule has 1 heteroatoms. The summed E-state index contributed by atoms with van der Waals surface area (Å²) < 4.78 is 0. The van der Waals surface area contributed by atoms with Gasteiger partial charge >= 0.3 is 0 Å². The first-order valence-electron chi connectivity index (χ1n) is 6.33. The van der Waals surface area contributed by atoms with Crippen molar-refractivity contribution in [1.29, 1.82) is 0 Å². The van der Waals surface area contributed by atoms with Crippen LogP contribution < -0.4 is 0 Å². The highest BCUT2D eigenvalue weighted by Crippen LogP contribution is 2.36. The van der Waals surface area contributed by atoms with E-state index >= 15 is 0 Å². The van der Waals surface area contributed by atoms with Crippen molar-refractivity contribution in [2.24, 2.45) is 11.3 Å². The minimum absolute atomic E-state index is 0.250. The topological polar surface area (TPSA) is 20.2 Å². The van der Waals surface area contributed by atoms with E-state index in [-0.39, 0.29) is 6.61 Å². The van der Waals surface area contributed by atoms with Gasteiger partial charge in [0.05, 0.1) is 0 Å². The largest absolute Gasteiger partial charge is 0.396 e. The number of aliphatic hydroxyl groups is 1. The molecule has 1 aliphatic rings. The fourth-order valence-corrected chi connectivity index (χ4v) is 2.08. The highest BCUT2D eigenvalue weighted by atomic mass is 16.2. The molecular formula is C15H24O. The van der Waals surface area contributed by atoms with E-state index in [1.54, 1.807) is 0 Å². The van der Waals surface area contributed by atoms with Crippen molar-refractivity contribution in [1.82, 2.24) is 0 Å². The van der Waals surface area contributed by atoms with Gasteiger partial charge in [0.1, 0.15) is 0 Å². The third kappa shape index (κ3) is 4.41. The van der Waals surface area contributed by atoms with Crippen LogP contribution in [0.2, 0.25) is 0 Å². The lowest BCUT2D eigenvalue weighted by molar-refractivity contribution is 0.222. The second-order valence-electron chi connectivity index (χ2n) is 5.70. The summed E-state index contributed by atoms with van der Waals surface area (Å²) in [5.41, 5.74) is 1.73. The van der Waals surface area contributed by atoms with Crippen LogP contribution in [0.4, 0.5) is 0 Å². The van der Waals surface area contributed by atoms with E-state index in [9.17, 15) is 0 Å². The predicted molar refractivity (Wildman–Crippen MR) is 69.0 cm³/mol. The van der Waals surface area contributed by atoms with Crippen LogP contribution in [0.3, 0.4) is 0 Å². The summed E-state index contributed by atoms with van der Waals surface area (Å²) in [6.07, 6.45) is 7.50. The molecule has 1 aliphatic carbocycles. The predicted octanol–water partition coefficient (Wildman–Crippen LogP) is 3.53. The molecule has 1 N–H and O–H groups in total. The van der Waals surface area contributed by atoms with Crippen LogP contribution in [-0.4, -0.2) is 11.7 Å². The molecule has 0 bridgehead atoms. The minimum Gasteiger partial charge on any atom is -0.396 e. The van der Waals surface area contributed by atoms with Crippen molar-refractivity contribution < 1.29 is 5.11 Å². The number of aliphatic hydroxyl groups excluding tert-OH is 1. The van der Waals surface area contributed by atoms with Crippen LogP contribution in [0, 0.1) is 23.2 Å². The van der Waals surface area contributed by atoms with Crippen molar-refractivity contribution >= 4 is 0 Å². The third-order valence-corrected chi connectivity index (χ3v) is 3.34. The Morgan fingerprint density at radius 3 is 2.69 bits per heavy atom. The number of rotatable bonds is 2. The van der Waals surface area contributed by atoms with Gasteiger partial charge in [0.2, 0.25) is 0 Å². The van der Waals surface area contributed by atoms with Gasteiger partial charge in [0.25, 0.3) is 0 Å². The van der Waals surface area contributed by atoms with Gasteiger partial charge in [-0.3, -0.25) is 0 Å². The Hall–Kier alpha value is -0.740. The summed E-state index contributed by atoms with van der Waals surface area (Å²) in [6, 6.07) is 0. The fraction of sp³-hybridized carbons (Fsp3) is 0.733. The Kier molecular flexibility index (Phi) is 5.09. The normalized spacial score (nSPS) is 21.0. The Morgan fingerprint density at radius 2 is 2.19 bits per heavy atom. The molecule has 1 rings (SSSR count). The first kappa shape index (κ1) is 13.3. The van der Waals surface area contributed by atoms with Crippen LogP contribution in [0.5, 0.6) is 0 Å². The summed E-state index contributed by atoms with van der Waals surface area (Å²) in [7, 11) is 0. The van der Waals surface area contributed by atoms with E-state index in [0.29, 0.717) is 5.41 Å². The molecule has 0 heterocycles. The molecule has 0 fully saturated rings. The second-order valence-corrected chi connectivity index (χ2v) is 5.70. The molecule has 0 aromatic rings. The summed E-state index contributed by atoms with van der Waals surface area (Å²) in [5.74, 6) is 7.16. The van der Waals surface area contributed by atoms with Gasteiger partial charge in [-0.25, -0.2) is 0 Å². The van der Waals surface area contributed by atoms with Crippen LogP contribution in [0.1, 0.15) is 52.9 Å². The SMILES string of the molecule is CC(C)(C)C1CC=C(C#CCCCO)CC1. The first-order valence-corrected chi connectivity index (χ1v) is 6.33. The van der Waals surface area contributed by atoms with Crippen molar-refractivity contribution in [3.8, 4) is 11.8 Å². The average molecular weight is 220 g/mol. The van der Waals surface area contributed by atoms with Gasteiger partial charge in [0, 0.05) is 13.0 Å². The molecule has 1 nitrogen and oxygen atoms in total. The molecule has 0 saturated heterocycles. The standard InChI is InChI=1S/C15H24O/c1-15(2,3)14-10-8-13(9-11-14)7-5-4-6-12-16/h8,14,16H,4,6,9-12H2,1-3H3. The summed E-state index contributed by atoms with van der Waals surface area (Å²) >= 11 is 0. The number of unbranched alkanes of at least 4 members (excludes halogenated alkanes) is 1. The van der Waals surface area contributed by atoms with Gasteiger partial charge in [-0.1, -0.05) is 38.7 Å². The first-order chi connectivity index (χ1) is 7.54. The molecule has 0 amide bonds. The Balaban J connectivity index is 2.43. The Bertz CT molecular complexity index is 296. The van der Waals surface area contributed by atoms with E-state index in [0.717, 1.165) is 25.2 Å². The lowest BCUT2D eigenvalue weighted by Gasteiger charge is -2.32. The number of allylic oxidation sites excluding steroid dienone is 2. The van der Waals surface area contributed by atoms with Crippen LogP contribution >= 0.6 is 0 Å². The molecule has 1 unspecified atom stereocenters. The minimum atomic E-state index is 0.250. The smallest absolute Gasteiger partial charge is 0.0440 e. The van der Waals surface area contributed by atoms with Crippen LogP contribution in [0.25, 0.3) is 0 Å². The van der Waals surface area contributed by atoms with Crippen molar-refractivity contribution in [3.05, 3.63) is 11.6 Å². The lowest BCUT2D eigenvalue weighted by atomic mass is 9.73. The average Bonchev–Trinajstić information content (AvgIpc) is 2.24. The van der Waals surface area contributed by atoms with Crippen molar-refractivity contribution in [2.45, 2.75) is 52.9 Å². The molecule has 0 saturated carbocycles. The zero-order chi connectivity index (χ0) is 12.0. The van der Waals surface area contributed by atoms with Crippen molar-refractivity contribution in [2.75, 3.05) is 6.61 Å². The lowest BCUT2D eigenvalue weighted by Crippen LogP contribution is -2.21. The van der Waals surface area contributed by atoms with Crippen LogP contribution in [-0.2, 0) is 0 Å². The Morgan fingerprint density at radius 1 is 1.44 bits per heavy atom. The summed E-state index contributed by atoms with van der Waals surface area (Å²) in [6.45, 7) is 7.22. The van der Waals surface area contributed by atoms with Gasteiger partial charge < -0.3 is 5.11 Å². The number of hydrogen-bond donors (Lipinski definition) is 1. The van der Waals surface area contributed by atoms with E-state index in [1.807, 2.05) is 0 Å². The zero-order valence-electron chi connectivity index (χ0n) is 10.8. The Labute approximate surface area is 99.9 Å². The molecule has 0 aromatic heterocycles. The maximum atomic E-state index is 8.65. The number of hydrogen-bond acceptors (Lipinski definition) is 1. The molecule has 90 valence electrons. The molecular weight excluding hydrogens is 196 g/mol. The fourth-order valence-electron chi connectivity index (χ4n) is 2.08. The van der Waals surface area contributed by atoms with Crippen LogP contribution in [0.15, 0.2) is 11.6 Å². The van der Waals surface area contributed by atoms with Gasteiger partial charge in [-0.15, -0.1) is 0 Å². The molecule has 0 radical (unpaired) electrons. The van der Waals surface area contributed by atoms with E-state index in [1.165, 1.54) is 18.4 Å². The maximum absolute atomic E-state index is 8.65. The van der Waals surface area contributed by atoms with Gasteiger partial charge in [0.15, 0.2) is 0 Å². The van der Waals surface area contributed by atoms with Gasteiger partial charge in [-0.2, -0.15) is 0 Å². The molecule has 16 heavy (non-hydrogen) atoms. The van der Waals surface area contributed by atoms with Crippen molar-refractivity contribution in [3.63, 3.8) is 0 Å². The highest BCUT2D eigenvalue weighted by Gasteiger charge is 2.25. The molecule has 1 atom stereocenters.